The van der Waals surface area contributed by atoms with Gasteiger partial charge in [0.2, 0.25) is 0 Å². The number of nitrogens with one attached hydrogen (secondary N) is 1. The largest absolute Gasteiger partial charge is 0.490 e. The molecule has 1 N–H and O–H groups in total. The van der Waals surface area contributed by atoms with Crippen LogP contribution in [0.15, 0.2) is 23.8 Å². The lowest BCUT2D eigenvalue weighted by Crippen LogP contribution is -2.25. The van der Waals surface area contributed by atoms with Crippen molar-refractivity contribution < 1.29 is 23.8 Å². The van der Waals surface area contributed by atoms with Crippen molar-refractivity contribution >= 4 is 18.0 Å². The molecule has 0 bridgehead atoms. The fourth-order valence-corrected chi connectivity index (χ4v) is 1.85. The Labute approximate surface area is 147 Å². The van der Waals surface area contributed by atoms with E-state index < -0.39 is 11.9 Å². The van der Waals surface area contributed by atoms with E-state index >= 15 is 0 Å². The number of rotatable bonds is 9. The number of carbonyl (C=O) groups is 2. The van der Waals surface area contributed by atoms with Gasteiger partial charge in [0.1, 0.15) is 11.6 Å². The predicted molar refractivity (Wildman–Crippen MR) is 92.0 cm³/mol. The van der Waals surface area contributed by atoms with E-state index in [2.05, 4.69) is 10.1 Å². The molecule has 0 aliphatic carbocycles. The van der Waals surface area contributed by atoms with Crippen LogP contribution in [-0.2, 0) is 14.3 Å². The lowest BCUT2D eigenvalue weighted by atomic mass is 10.1. The monoisotopic (exact) mass is 346 g/mol. The minimum absolute atomic E-state index is 0.000808. The first kappa shape index (κ1) is 20.0. The van der Waals surface area contributed by atoms with Gasteiger partial charge in [-0.1, -0.05) is 13.0 Å². The van der Waals surface area contributed by atoms with Crippen LogP contribution in [0.1, 0.15) is 25.8 Å². The Morgan fingerprint density at radius 2 is 2.00 bits per heavy atom. The van der Waals surface area contributed by atoms with Gasteiger partial charge in [-0.2, -0.15) is 5.26 Å². The van der Waals surface area contributed by atoms with Crippen LogP contribution in [0.4, 0.5) is 0 Å². The molecule has 0 fully saturated rings. The number of hydrogen-bond acceptors (Lipinski definition) is 6. The summed E-state index contributed by atoms with van der Waals surface area (Å²) >= 11 is 0. The van der Waals surface area contributed by atoms with Crippen LogP contribution in [0.25, 0.3) is 6.08 Å². The first-order chi connectivity index (χ1) is 12.0. The average molecular weight is 346 g/mol. The topological polar surface area (TPSA) is 97.7 Å². The van der Waals surface area contributed by atoms with Gasteiger partial charge in [-0.15, -0.1) is 0 Å². The zero-order valence-electron chi connectivity index (χ0n) is 14.6. The molecule has 0 atom stereocenters. The second-order valence-electron chi connectivity index (χ2n) is 4.93. The third-order valence-electron chi connectivity index (χ3n) is 3.05. The van der Waals surface area contributed by atoms with Gasteiger partial charge in [0.25, 0.3) is 5.91 Å². The molecule has 0 aromatic heterocycles. The van der Waals surface area contributed by atoms with E-state index in [0.29, 0.717) is 30.2 Å². The summed E-state index contributed by atoms with van der Waals surface area (Å²) in [6.07, 6.45) is 2.25. The van der Waals surface area contributed by atoms with Crippen LogP contribution >= 0.6 is 0 Å². The first-order valence-electron chi connectivity index (χ1n) is 7.92. The van der Waals surface area contributed by atoms with E-state index in [1.165, 1.54) is 13.2 Å². The van der Waals surface area contributed by atoms with Crippen molar-refractivity contribution in [1.29, 1.82) is 5.26 Å². The summed E-state index contributed by atoms with van der Waals surface area (Å²) in [5.41, 5.74) is 0.608. The molecule has 0 saturated heterocycles. The Bertz CT molecular complexity index is 677. The molecule has 1 amide bonds. The standard InChI is InChI=1S/C18H22N2O5/c1-4-8-20-18(22)14(11-19)9-13-6-7-15(16(10-13)24-5-2)25-12-17(21)23-3/h6-7,9-10H,4-5,8,12H2,1-3H3,(H,20,22)/b14-9+. The molecule has 0 aliphatic heterocycles. The molecule has 1 aromatic carbocycles. The fourth-order valence-electron chi connectivity index (χ4n) is 1.85. The van der Waals surface area contributed by atoms with Gasteiger partial charge in [0.05, 0.1) is 13.7 Å². The number of hydrogen-bond donors (Lipinski definition) is 1. The number of nitrogens with zero attached hydrogens (tertiary/aromatic N) is 1. The molecule has 7 heteroatoms. The van der Waals surface area contributed by atoms with Crippen molar-refractivity contribution in [2.24, 2.45) is 0 Å². The number of nitriles is 1. The van der Waals surface area contributed by atoms with E-state index in [9.17, 15) is 14.9 Å². The Morgan fingerprint density at radius 1 is 1.24 bits per heavy atom. The normalized spacial score (nSPS) is 10.6. The second kappa shape index (κ2) is 10.7. The second-order valence-corrected chi connectivity index (χ2v) is 4.93. The molecule has 1 rings (SSSR count). The fraction of sp³-hybridized carbons (Fsp3) is 0.389. The number of benzene rings is 1. The first-order valence-corrected chi connectivity index (χ1v) is 7.92. The molecule has 1 aromatic rings. The molecule has 134 valence electrons. The van der Waals surface area contributed by atoms with Crippen molar-refractivity contribution in [3.8, 4) is 17.6 Å². The molecule has 0 aliphatic rings. The smallest absolute Gasteiger partial charge is 0.343 e. The predicted octanol–water partition coefficient (Wildman–Crippen LogP) is 2.07. The van der Waals surface area contributed by atoms with Gasteiger partial charge >= 0.3 is 5.97 Å². The van der Waals surface area contributed by atoms with Crippen LogP contribution in [0, 0.1) is 11.3 Å². The SMILES string of the molecule is CCCNC(=O)/C(C#N)=C/c1ccc(OCC(=O)OC)c(OCC)c1. The lowest BCUT2D eigenvalue weighted by molar-refractivity contribution is -0.142. The maximum absolute atomic E-state index is 11.9. The van der Waals surface area contributed by atoms with Gasteiger partial charge in [0.15, 0.2) is 18.1 Å². The van der Waals surface area contributed by atoms with Crippen molar-refractivity contribution in [3.63, 3.8) is 0 Å². The highest BCUT2D eigenvalue weighted by atomic mass is 16.6. The maximum atomic E-state index is 11.9. The molecule has 7 nitrogen and oxygen atoms in total. The minimum Gasteiger partial charge on any atom is -0.490 e. The van der Waals surface area contributed by atoms with E-state index in [0.717, 1.165) is 6.42 Å². The zero-order chi connectivity index (χ0) is 18.7. The molecule has 0 spiro atoms. The third-order valence-corrected chi connectivity index (χ3v) is 3.05. The quantitative estimate of drug-likeness (QED) is 0.418. The van der Waals surface area contributed by atoms with E-state index in [1.807, 2.05) is 19.9 Å². The van der Waals surface area contributed by atoms with Crippen LogP contribution in [0.5, 0.6) is 11.5 Å². The van der Waals surface area contributed by atoms with Gasteiger partial charge in [-0.05, 0) is 37.1 Å². The third kappa shape index (κ3) is 6.55. The van der Waals surface area contributed by atoms with Crippen molar-refractivity contribution in [2.75, 3.05) is 26.9 Å². The highest BCUT2D eigenvalue weighted by Crippen LogP contribution is 2.29. The van der Waals surface area contributed by atoms with Gasteiger partial charge < -0.3 is 19.5 Å². The summed E-state index contributed by atoms with van der Waals surface area (Å²) in [4.78, 5) is 23.1. The number of methoxy groups -OCH3 is 1. The highest BCUT2D eigenvalue weighted by molar-refractivity contribution is 6.01. The van der Waals surface area contributed by atoms with Crippen molar-refractivity contribution in [3.05, 3.63) is 29.3 Å². The lowest BCUT2D eigenvalue weighted by Gasteiger charge is -2.12. The molecular formula is C18H22N2O5. The molecule has 25 heavy (non-hydrogen) atoms. The Hall–Kier alpha value is -3.01. The summed E-state index contributed by atoms with van der Waals surface area (Å²) in [7, 11) is 1.27. The highest BCUT2D eigenvalue weighted by Gasteiger charge is 2.11. The summed E-state index contributed by atoms with van der Waals surface area (Å²) in [5.74, 6) is -0.149. The zero-order valence-corrected chi connectivity index (χ0v) is 14.6. The Morgan fingerprint density at radius 3 is 2.60 bits per heavy atom. The number of esters is 1. The van der Waals surface area contributed by atoms with E-state index in [4.69, 9.17) is 9.47 Å². The Kier molecular flexibility index (Phi) is 8.58. The van der Waals surface area contributed by atoms with Crippen LogP contribution in [0.3, 0.4) is 0 Å². The molecule has 0 heterocycles. The molecule has 0 unspecified atom stereocenters. The molecule has 0 radical (unpaired) electrons. The van der Waals surface area contributed by atoms with E-state index in [-0.39, 0.29) is 12.2 Å². The maximum Gasteiger partial charge on any atom is 0.343 e. The van der Waals surface area contributed by atoms with Crippen LogP contribution in [0.2, 0.25) is 0 Å². The summed E-state index contributed by atoms with van der Waals surface area (Å²) in [5, 5.41) is 11.8. The Balaban J connectivity index is 3.02. The molecular weight excluding hydrogens is 324 g/mol. The number of carbonyl (C=O) groups excluding carboxylic acids is 2. The van der Waals surface area contributed by atoms with Gasteiger partial charge in [0, 0.05) is 6.54 Å². The number of ether oxygens (including phenoxy) is 3. The minimum atomic E-state index is -0.509. The number of amides is 1. The molecule has 0 saturated carbocycles. The van der Waals surface area contributed by atoms with E-state index in [1.54, 1.807) is 18.2 Å². The van der Waals surface area contributed by atoms with Crippen LogP contribution < -0.4 is 14.8 Å². The summed E-state index contributed by atoms with van der Waals surface area (Å²) in [6, 6.07) is 6.80. The van der Waals surface area contributed by atoms with Gasteiger partial charge in [-0.25, -0.2) is 4.79 Å². The van der Waals surface area contributed by atoms with Gasteiger partial charge in [-0.3, -0.25) is 4.79 Å². The van der Waals surface area contributed by atoms with Crippen molar-refractivity contribution in [2.45, 2.75) is 20.3 Å². The summed E-state index contributed by atoms with van der Waals surface area (Å²) < 4.78 is 15.4. The van der Waals surface area contributed by atoms with Crippen LogP contribution in [-0.4, -0.2) is 38.7 Å². The van der Waals surface area contributed by atoms with Crippen molar-refractivity contribution in [1.82, 2.24) is 5.32 Å². The summed E-state index contributed by atoms with van der Waals surface area (Å²) in [6.45, 7) is 4.39. The average Bonchev–Trinajstić information content (AvgIpc) is 2.63.